The molecule has 0 fully saturated rings. The number of nitrogens with zero attached hydrogens (tertiary/aromatic N) is 1. The predicted octanol–water partition coefficient (Wildman–Crippen LogP) is 2.99. The van der Waals surface area contributed by atoms with Gasteiger partial charge in [-0.3, -0.25) is 0 Å². The summed E-state index contributed by atoms with van der Waals surface area (Å²) < 4.78 is 0. The fraction of sp³-hybridized carbons (Fsp3) is 0. The Morgan fingerprint density at radius 1 is 1.21 bits per heavy atom. The van der Waals surface area contributed by atoms with Crippen LogP contribution in [0.2, 0.25) is 0 Å². The van der Waals surface area contributed by atoms with Crippen molar-refractivity contribution < 1.29 is 9.90 Å². The molecule has 0 aliphatic rings. The standard InChI is InChI=1S/C14H10N2O2S/c15-8-9-1-6-13(12(7-9)14(17)18)19-11-4-2-10(16)3-5-11/h1-7H,16H2,(H,17,18). The monoisotopic (exact) mass is 270 g/mol. The van der Waals surface area contributed by atoms with Gasteiger partial charge in [-0.25, -0.2) is 4.79 Å². The summed E-state index contributed by atoms with van der Waals surface area (Å²) in [6, 6.07) is 13.7. The molecule has 2 aromatic carbocycles. The molecule has 0 aliphatic carbocycles. The van der Waals surface area contributed by atoms with Gasteiger partial charge in [-0.15, -0.1) is 0 Å². The van der Waals surface area contributed by atoms with Gasteiger partial charge < -0.3 is 10.8 Å². The van der Waals surface area contributed by atoms with Crippen molar-refractivity contribution in [3.05, 3.63) is 53.6 Å². The number of carbonyl (C=O) groups is 1. The predicted molar refractivity (Wildman–Crippen MR) is 73.1 cm³/mol. The minimum absolute atomic E-state index is 0.126. The molecule has 0 saturated carbocycles. The molecule has 0 radical (unpaired) electrons. The van der Waals surface area contributed by atoms with Crippen molar-refractivity contribution >= 4 is 23.4 Å². The second kappa shape index (κ2) is 5.46. The van der Waals surface area contributed by atoms with Gasteiger partial charge in [-0.1, -0.05) is 11.8 Å². The minimum Gasteiger partial charge on any atom is -0.478 e. The van der Waals surface area contributed by atoms with Crippen molar-refractivity contribution in [1.82, 2.24) is 0 Å². The maximum Gasteiger partial charge on any atom is 0.336 e. The number of rotatable bonds is 3. The summed E-state index contributed by atoms with van der Waals surface area (Å²) in [5, 5.41) is 18.0. The quantitative estimate of drug-likeness (QED) is 0.837. The van der Waals surface area contributed by atoms with E-state index in [2.05, 4.69) is 0 Å². The number of carboxylic acid groups (broad SMARTS) is 1. The molecule has 0 saturated heterocycles. The molecular weight excluding hydrogens is 260 g/mol. The third-order valence-electron chi connectivity index (χ3n) is 2.45. The van der Waals surface area contributed by atoms with E-state index in [4.69, 9.17) is 16.1 Å². The number of nitrogen functional groups attached to an aromatic ring is 1. The van der Waals surface area contributed by atoms with E-state index < -0.39 is 5.97 Å². The molecular formula is C14H10N2O2S. The molecule has 94 valence electrons. The van der Waals surface area contributed by atoms with Gasteiger partial charge in [-0.2, -0.15) is 5.26 Å². The van der Waals surface area contributed by atoms with E-state index in [1.54, 1.807) is 24.3 Å². The minimum atomic E-state index is -1.05. The van der Waals surface area contributed by atoms with Crippen molar-refractivity contribution in [2.24, 2.45) is 0 Å². The zero-order valence-corrected chi connectivity index (χ0v) is 10.6. The smallest absolute Gasteiger partial charge is 0.336 e. The first-order valence-electron chi connectivity index (χ1n) is 5.41. The number of benzene rings is 2. The lowest BCUT2D eigenvalue weighted by Gasteiger charge is -2.06. The normalized spacial score (nSPS) is 9.84. The number of carboxylic acids is 1. The highest BCUT2D eigenvalue weighted by molar-refractivity contribution is 7.99. The van der Waals surface area contributed by atoms with Crippen LogP contribution in [0.25, 0.3) is 0 Å². The number of hydrogen-bond donors (Lipinski definition) is 2. The lowest BCUT2D eigenvalue weighted by Crippen LogP contribution is -1.99. The van der Waals surface area contributed by atoms with Gasteiger partial charge in [0.1, 0.15) is 0 Å². The summed E-state index contributed by atoms with van der Waals surface area (Å²) in [7, 11) is 0. The average molecular weight is 270 g/mol. The van der Waals surface area contributed by atoms with E-state index in [-0.39, 0.29) is 5.56 Å². The molecule has 0 spiro atoms. The van der Waals surface area contributed by atoms with Crippen LogP contribution >= 0.6 is 11.8 Å². The Labute approximate surface area is 114 Å². The Kier molecular flexibility index (Phi) is 3.74. The molecule has 0 bridgehead atoms. The zero-order valence-electron chi connectivity index (χ0n) is 9.83. The zero-order chi connectivity index (χ0) is 13.8. The number of nitriles is 1. The molecule has 0 aliphatic heterocycles. The second-order valence-corrected chi connectivity index (χ2v) is 4.91. The van der Waals surface area contributed by atoms with E-state index in [0.717, 1.165) is 4.90 Å². The third kappa shape index (κ3) is 3.06. The van der Waals surface area contributed by atoms with Crippen molar-refractivity contribution in [3.63, 3.8) is 0 Å². The Morgan fingerprint density at radius 2 is 1.89 bits per heavy atom. The van der Waals surface area contributed by atoms with Gasteiger partial charge in [0.25, 0.3) is 0 Å². The van der Waals surface area contributed by atoms with E-state index >= 15 is 0 Å². The maximum absolute atomic E-state index is 11.2. The maximum atomic E-state index is 11.2. The fourth-order valence-corrected chi connectivity index (χ4v) is 2.44. The van der Waals surface area contributed by atoms with E-state index in [1.165, 1.54) is 17.8 Å². The van der Waals surface area contributed by atoms with Crippen LogP contribution in [0, 0.1) is 11.3 Å². The van der Waals surface area contributed by atoms with Crippen molar-refractivity contribution in [2.75, 3.05) is 5.73 Å². The summed E-state index contributed by atoms with van der Waals surface area (Å²) >= 11 is 1.32. The number of aromatic carboxylic acids is 1. The van der Waals surface area contributed by atoms with Gasteiger partial charge >= 0.3 is 5.97 Å². The Morgan fingerprint density at radius 3 is 2.47 bits per heavy atom. The van der Waals surface area contributed by atoms with Crippen LogP contribution in [0.4, 0.5) is 5.69 Å². The first kappa shape index (κ1) is 13.0. The van der Waals surface area contributed by atoms with Crippen LogP contribution in [0.5, 0.6) is 0 Å². The highest BCUT2D eigenvalue weighted by Crippen LogP contribution is 2.31. The molecule has 5 heteroatoms. The van der Waals surface area contributed by atoms with Gasteiger partial charge in [0, 0.05) is 15.5 Å². The summed E-state index contributed by atoms with van der Waals surface area (Å²) in [5.74, 6) is -1.05. The van der Waals surface area contributed by atoms with Gasteiger partial charge in [0.05, 0.1) is 17.2 Å². The Balaban J connectivity index is 2.37. The first-order chi connectivity index (χ1) is 9.10. The van der Waals surface area contributed by atoms with Crippen LogP contribution in [0.15, 0.2) is 52.3 Å². The van der Waals surface area contributed by atoms with Crippen LogP contribution in [0.3, 0.4) is 0 Å². The molecule has 0 heterocycles. The van der Waals surface area contributed by atoms with Crippen molar-refractivity contribution in [1.29, 1.82) is 5.26 Å². The summed E-state index contributed by atoms with van der Waals surface area (Å²) in [6.07, 6.45) is 0. The Hall–Kier alpha value is -2.45. The van der Waals surface area contributed by atoms with Crippen molar-refractivity contribution in [2.45, 2.75) is 9.79 Å². The Bertz CT molecular complexity index is 660. The highest BCUT2D eigenvalue weighted by Gasteiger charge is 2.12. The van der Waals surface area contributed by atoms with Crippen LogP contribution in [0.1, 0.15) is 15.9 Å². The van der Waals surface area contributed by atoms with Crippen LogP contribution in [-0.4, -0.2) is 11.1 Å². The van der Waals surface area contributed by atoms with Crippen LogP contribution in [-0.2, 0) is 0 Å². The lowest BCUT2D eigenvalue weighted by molar-refractivity contribution is 0.0693. The van der Waals surface area contributed by atoms with E-state index in [0.29, 0.717) is 16.1 Å². The molecule has 2 aromatic rings. The van der Waals surface area contributed by atoms with E-state index in [1.807, 2.05) is 18.2 Å². The molecule has 19 heavy (non-hydrogen) atoms. The number of anilines is 1. The van der Waals surface area contributed by atoms with Gasteiger partial charge in [0.2, 0.25) is 0 Å². The van der Waals surface area contributed by atoms with E-state index in [9.17, 15) is 4.79 Å². The lowest BCUT2D eigenvalue weighted by atomic mass is 10.1. The largest absolute Gasteiger partial charge is 0.478 e. The average Bonchev–Trinajstić information content (AvgIpc) is 2.41. The third-order valence-corrected chi connectivity index (χ3v) is 3.53. The molecule has 0 aromatic heterocycles. The molecule has 0 unspecified atom stereocenters. The topological polar surface area (TPSA) is 87.1 Å². The number of hydrogen-bond acceptors (Lipinski definition) is 4. The molecule has 4 nitrogen and oxygen atoms in total. The van der Waals surface area contributed by atoms with Crippen molar-refractivity contribution in [3.8, 4) is 6.07 Å². The molecule has 0 amide bonds. The van der Waals surface area contributed by atoms with Gasteiger partial charge in [-0.05, 0) is 42.5 Å². The SMILES string of the molecule is N#Cc1ccc(Sc2ccc(N)cc2)c(C(=O)O)c1. The molecule has 3 N–H and O–H groups in total. The van der Waals surface area contributed by atoms with Crippen LogP contribution < -0.4 is 5.73 Å². The second-order valence-electron chi connectivity index (χ2n) is 3.80. The summed E-state index contributed by atoms with van der Waals surface area (Å²) in [5.41, 5.74) is 6.71. The van der Waals surface area contributed by atoms with Gasteiger partial charge in [0.15, 0.2) is 0 Å². The summed E-state index contributed by atoms with van der Waals surface area (Å²) in [4.78, 5) is 12.7. The highest BCUT2D eigenvalue weighted by atomic mass is 32.2. The molecule has 0 atom stereocenters. The summed E-state index contributed by atoms with van der Waals surface area (Å²) in [6.45, 7) is 0. The molecule has 2 rings (SSSR count). The first-order valence-corrected chi connectivity index (χ1v) is 6.22. The fourth-order valence-electron chi connectivity index (χ4n) is 1.52. The number of nitrogens with two attached hydrogens (primary N) is 1.